The molecule has 0 aliphatic carbocycles. The van der Waals surface area contributed by atoms with Crippen LogP contribution in [0.3, 0.4) is 0 Å². The Morgan fingerprint density at radius 2 is 2.13 bits per heavy atom. The number of aromatic nitrogens is 2. The molecule has 2 N–H and O–H groups in total. The van der Waals surface area contributed by atoms with E-state index in [0.717, 1.165) is 31.0 Å². The Kier molecular flexibility index (Phi) is 2.86. The first-order chi connectivity index (χ1) is 7.18. The fourth-order valence-corrected chi connectivity index (χ4v) is 2.00. The van der Waals surface area contributed by atoms with Gasteiger partial charge < -0.3 is 10.6 Å². The lowest BCUT2D eigenvalue weighted by Crippen LogP contribution is -2.48. The number of hydrogen-bond donors (Lipinski definition) is 1. The normalized spacial score (nSPS) is 26.7. The lowest BCUT2D eigenvalue weighted by atomic mass is 9.94. The summed E-state index contributed by atoms with van der Waals surface area (Å²) in [6.07, 6.45) is 4.61. The zero-order valence-electron chi connectivity index (χ0n) is 9.35. The lowest BCUT2D eigenvalue weighted by molar-refractivity contribution is 0.377. The molecule has 2 atom stereocenters. The Labute approximate surface area is 90.5 Å². The van der Waals surface area contributed by atoms with E-state index in [4.69, 9.17) is 5.73 Å². The van der Waals surface area contributed by atoms with Crippen LogP contribution in [0, 0.1) is 12.8 Å². The van der Waals surface area contributed by atoms with E-state index in [1.54, 1.807) is 12.4 Å². The molecule has 15 heavy (non-hydrogen) atoms. The Bertz CT molecular complexity index is 339. The van der Waals surface area contributed by atoms with Gasteiger partial charge in [-0.05, 0) is 19.3 Å². The maximum Gasteiger partial charge on any atom is 0.150 e. The van der Waals surface area contributed by atoms with Gasteiger partial charge in [-0.25, -0.2) is 4.98 Å². The quantitative estimate of drug-likeness (QED) is 0.743. The zero-order valence-corrected chi connectivity index (χ0v) is 9.35. The highest BCUT2D eigenvalue weighted by Gasteiger charge is 2.24. The summed E-state index contributed by atoms with van der Waals surface area (Å²) < 4.78 is 0. The molecule has 0 aromatic carbocycles. The summed E-state index contributed by atoms with van der Waals surface area (Å²) in [4.78, 5) is 10.9. The summed E-state index contributed by atoms with van der Waals surface area (Å²) >= 11 is 0. The van der Waals surface area contributed by atoms with E-state index in [9.17, 15) is 0 Å². The maximum absolute atomic E-state index is 6.07. The molecule has 1 aliphatic heterocycles. The molecule has 2 rings (SSSR count). The fraction of sp³-hybridized carbons (Fsp3) is 0.636. The first kappa shape index (κ1) is 10.4. The van der Waals surface area contributed by atoms with Crippen LogP contribution in [-0.2, 0) is 0 Å². The number of rotatable bonds is 1. The summed E-state index contributed by atoms with van der Waals surface area (Å²) in [7, 11) is 0. The molecule has 4 nitrogen and oxygen atoms in total. The highest BCUT2D eigenvalue weighted by Crippen LogP contribution is 2.21. The highest BCUT2D eigenvalue weighted by atomic mass is 15.2. The van der Waals surface area contributed by atoms with E-state index < -0.39 is 0 Å². The predicted octanol–water partition coefficient (Wildman–Crippen LogP) is 0.959. The van der Waals surface area contributed by atoms with Gasteiger partial charge in [0.05, 0.1) is 5.69 Å². The molecule has 0 radical (unpaired) electrons. The molecule has 2 unspecified atom stereocenters. The van der Waals surface area contributed by atoms with Crippen molar-refractivity contribution >= 4 is 5.82 Å². The van der Waals surface area contributed by atoms with E-state index in [1.165, 1.54) is 0 Å². The third-order valence-electron chi connectivity index (χ3n) is 3.17. The minimum Gasteiger partial charge on any atom is -0.354 e. The topological polar surface area (TPSA) is 55.0 Å². The van der Waals surface area contributed by atoms with Crippen molar-refractivity contribution in [3.05, 3.63) is 18.1 Å². The van der Waals surface area contributed by atoms with Gasteiger partial charge in [-0.1, -0.05) is 6.92 Å². The number of piperidine rings is 1. The summed E-state index contributed by atoms with van der Waals surface area (Å²) in [6, 6.07) is 0.250. The van der Waals surface area contributed by atoms with Gasteiger partial charge in [0, 0.05) is 31.5 Å². The average Bonchev–Trinajstić information content (AvgIpc) is 2.23. The number of nitrogens with two attached hydrogens (primary N) is 1. The summed E-state index contributed by atoms with van der Waals surface area (Å²) in [5, 5.41) is 0. The van der Waals surface area contributed by atoms with E-state index in [0.29, 0.717) is 5.92 Å². The van der Waals surface area contributed by atoms with Crippen LogP contribution in [0.15, 0.2) is 12.4 Å². The average molecular weight is 206 g/mol. The fourth-order valence-electron chi connectivity index (χ4n) is 2.00. The molecular formula is C11H18N4. The second kappa shape index (κ2) is 4.14. The highest BCUT2D eigenvalue weighted by molar-refractivity contribution is 5.42. The molecule has 4 heteroatoms. The van der Waals surface area contributed by atoms with E-state index in [-0.39, 0.29) is 6.04 Å². The van der Waals surface area contributed by atoms with Crippen LogP contribution in [0.5, 0.6) is 0 Å². The van der Waals surface area contributed by atoms with E-state index in [2.05, 4.69) is 21.8 Å². The maximum atomic E-state index is 6.07. The molecular weight excluding hydrogens is 188 g/mol. The molecule has 1 saturated heterocycles. The molecule has 82 valence electrons. The Morgan fingerprint density at radius 3 is 2.80 bits per heavy atom. The van der Waals surface area contributed by atoms with Crippen molar-refractivity contribution in [3.8, 4) is 0 Å². The third kappa shape index (κ3) is 2.09. The molecule has 0 bridgehead atoms. The molecule has 0 spiro atoms. The first-order valence-electron chi connectivity index (χ1n) is 5.46. The molecule has 1 aliphatic rings. The molecule has 0 saturated carbocycles. The van der Waals surface area contributed by atoms with Crippen LogP contribution in [0.1, 0.15) is 19.0 Å². The van der Waals surface area contributed by atoms with Crippen molar-refractivity contribution in [2.24, 2.45) is 11.7 Å². The SMILES string of the molecule is Cc1nccnc1N1CCC(C)C(N)C1. The third-order valence-corrected chi connectivity index (χ3v) is 3.17. The van der Waals surface area contributed by atoms with Gasteiger partial charge in [0.25, 0.3) is 0 Å². The van der Waals surface area contributed by atoms with Gasteiger partial charge in [0.1, 0.15) is 5.82 Å². The predicted molar refractivity (Wildman–Crippen MR) is 60.7 cm³/mol. The molecule has 0 amide bonds. The number of anilines is 1. The standard InChI is InChI=1S/C11H18N4/c1-8-3-6-15(7-10(8)12)11-9(2)13-4-5-14-11/h4-5,8,10H,3,6-7,12H2,1-2H3. The monoisotopic (exact) mass is 206 g/mol. The lowest BCUT2D eigenvalue weighted by Gasteiger charge is -2.36. The van der Waals surface area contributed by atoms with Crippen LogP contribution in [-0.4, -0.2) is 29.1 Å². The first-order valence-corrected chi connectivity index (χ1v) is 5.46. The summed E-state index contributed by atoms with van der Waals surface area (Å²) in [5.74, 6) is 1.60. The van der Waals surface area contributed by atoms with Crippen molar-refractivity contribution < 1.29 is 0 Å². The van der Waals surface area contributed by atoms with Crippen molar-refractivity contribution in [2.75, 3.05) is 18.0 Å². The summed E-state index contributed by atoms with van der Waals surface area (Å²) in [6.45, 7) is 6.13. The summed E-state index contributed by atoms with van der Waals surface area (Å²) in [5.41, 5.74) is 7.05. The van der Waals surface area contributed by atoms with Crippen LogP contribution >= 0.6 is 0 Å². The number of nitrogens with zero attached hydrogens (tertiary/aromatic N) is 3. The van der Waals surface area contributed by atoms with Gasteiger partial charge in [0.15, 0.2) is 0 Å². The van der Waals surface area contributed by atoms with Crippen LogP contribution in [0.25, 0.3) is 0 Å². The minimum absolute atomic E-state index is 0.250. The number of aryl methyl sites for hydroxylation is 1. The Balaban J connectivity index is 2.15. The Morgan fingerprint density at radius 1 is 1.40 bits per heavy atom. The van der Waals surface area contributed by atoms with Crippen molar-refractivity contribution in [2.45, 2.75) is 26.3 Å². The smallest absolute Gasteiger partial charge is 0.150 e. The molecule has 1 aromatic rings. The van der Waals surface area contributed by atoms with Gasteiger partial charge in [-0.3, -0.25) is 4.98 Å². The zero-order chi connectivity index (χ0) is 10.8. The van der Waals surface area contributed by atoms with Crippen molar-refractivity contribution in [1.82, 2.24) is 9.97 Å². The molecule has 1 fully saturated rings. The van der Waals surface area contributed by atoms with Gasteiger partial charge >= 0.3 is 0 Å². The second-order valence-electron chi connectivity index (χ2n) is 4.34. The molecule has 2 heterocycles. The Hall–Kier alpha value is -1.16. The van der Waals surface area contributed by atoms with Crippen molar-refractivity contribution in [3.63, 3.8) is 0 Å². The largest absolute Gasteiger partial charge is 0.354 e. The van der Waals surface area contributed by atoms with Crippen LogP contribution in [0.2, 0.25) is 0 Å². The van der Waals surface area contributed by atoms with Crippen LogP contribution in [0.4, 0.5) is 5.82 Å². The number of hydrogen-bond acceptors (Lipinski definition) is 4. The van der Waals surface area contributed by atoms with Gasteiger partial charge in [-0.2, -0.15) is 0 Å². The van der Waals surface area contributed by atoms with E-state index >= 15 is 0 Å². The van der Waals surface area contributed by atoms with Crippen LogP contribution < -0.4 is 10.6 Å². The molecule has 1 aromatic heterocycles. The van der Waals surface area contributed by atoms with Gasteiger partial charge in [-0.15, -0.1) is 0 Å². The minimum atomic E-state index is 0.250. The second-order valence-corrected chi connectivity index (χ2v) is 4.34. The van der Waals surface area contributed by atoms with Crippen molar-refractivity contribution in [1.29, 1.82) is 0 Å². The van der Waals surface area contributed by atoms with E-state index in [1.807, 2.05) is 6.92 Å². The van der Waals surface area contributed by atoms with Gasteiger partial charge in [0.2, 0.25) is 0 Å².